The van der Waals surface area contributed by atoms with Gasteiger partial charge in [0.05, 0.1) is 11.8 Å². The Morgan fingerprint density at radius 1 is 1.19 bits per heavy atom. The molecule has 0 atom stereocenters. The van der Waals surface area contributed by atoms with E-state index >= 15 is 0 Å². The maximum atomic E-state index is 14.0. The first-order valence-electron chi connectivity index (χ1n) is 10.6. The van der Waals surface area contributed by atoms with Crippen molar-refractivity contribution in [2.24, 2.45) is 5.92 Å². The Morgan fingerprint density at radius 3 is 2.47 bits per heavy atom. The van der Waals surface area contributed by atoms with Crippen molar-refractivity contribution in [3.63, 3.8) is 0 Å². The van der Waals surface area contributed by atoms with Gasteiger partial charge in [0.25, 0.3) is 0 Å². The lowest BCUT2D eigenvalue weighted by atomic mass is 9.69. The molecule has 1 saturated carbocycles. The van der Waals surface area contributed by atoms with Crippen LogP contribution in [0.1, 0.15) is 55.3 Å². The standard InChI is InChI=1S/C24H27FN2O4S/c1-13(2)23-22(15-10-16(11-15)24(29)26-32(4,30)31)19-12-18(28)6-8-21(19)27(23)17-5-7-20(25)14(3)9-17/h5-9,12-13,15-16,28H,10-11H2,1-4H3,(H,26,29). The van der Waals surface area contributed by atoms with Crippen LogP contribution in [-0.2, 0) is 14.8 Å². The third-order valence-electron chi connectivity index (χ3n) is 6.18. The number of phenolic OH excluding ortho intramolecular Hbond substituents is 1. The number of sulfonamides is 1. The quantitative estimate of drug-likeness (QED) is 0.590. The fourth-order valence-electron chi connectivity index (χ4n) is 4.70. The Hall–Kier alpha value is -2.87. The summed E-state index contributed by atoms with van der Waals surface area (Å²) in [5.41, 5.74) is 4.37. The number of halogens is 1. The van der Waals surface area contributed by atoms with Gasteiger partial charge in [0.2, 0.25) is 15.9 Å². The van der Waals surface area contributed by atoms with Crippen molar-refractivity contribution in [3.8, 4) is 11.4 Å². The van der Waals surface area contributed by atoms with Crippen LogP contribution in [0.2, 0.25) is 0 Å². The van der Waals surface area contributed by atoms with Crippen molar-refractivity contribution in [2.75, 3.05) is 6.26 Å². The molecule has 0 spiro atoms. The summed E-state index contributed by atoms with van der Waals surface area (Å²) < 4.78 is 41.0. The smallest absolute Gasteiger partial charge is 0.236 e. The summed E-state index contributed by atoms with van der Waals surface area (Å²) in [6.45, 7) is 5.89. The molecule has 1 aliphatic carbocycles. The average Bonchev–Trinajstić information content (AvgIpc) is 2.96. The first-order valence-corrected chi connectivity index (χ1v) is 12.5. The number of aryl methyl sites for hydroxylation is 1. The Morgan fingerprint density at radius 2 is 1.88 bits per heavy atom. The SMILES string of the molecule is Cc1cc(-n2c(C(C)C)c(C3CC(C(=O)NS(C)(=O)=O)C3)c3cc(O)ccc32)ccc1F. The van der Waals surface area contributed by atoms with Crippen LogP contribution in [-0.4, -0.2) is 30.3 Å². The summed E-state index contributed by atoms with van der Waals surface area (Å²) in [6.07, 6.45) is 2.02. The Balaban J connectivity index is 1.83. The maximum Gasteiger partial charge on any atom is 0.236 e. The van der Waals surface area contributed by atoms with E-state index in [1.165, 1.54) is 6.07 Å². The van der Waals surface area contributed by atoms with Crippen LogP contribution in [0, 0.1) is 18.7 Å². The highest BCUT2D eigenvalue weighted by molar-refractivity contribution is 7.89. The van der Waals surface area contributed by atoms with Crippen LogP contribution in [0.4, 0.5) is 4.39 Å². The Kier molecular flexibility index (Phi) is 5.53. The number of hydrogen-bond acceptors (Lipinski definition) is 4. The van der Waals surface area contributed by atoms with Crippen molar-refractivity contribution in [2.45, 2.75) is 45.4 Å². The molecule has 0 saturated heterocycles. The van der Waals surface area contributed by atoms with Gasteiger partial charge >= 0.3 is 0 Å². The predicted octanol–water partition coefficient (Wildman–Crippen LogP) is 4.48. The molecular formula is C24H27FN2O4S. The van der Waals surface area contributed by atoms with E-state index in [0.717, 1.165) is 34.1 Å². The number of rotatable bonds is 5. The maximum absolute atomic E-state index is 14.0. The summed E-state index contributed by atoms with van der Waals surface area (Å²) in [4.78, 5) is 12.3. The van der Waals surface area contributed by atoms with E-state index in [1.807, 2.05) is 6.07 Å². The lowest BCUT2D eigenvalue weighted by molar-refractivity contribution is -0.126. The summed E-state index contributed by atoms with van der Waals surface area (Å²) in [7, 11) is -3.60. The molecule has 3 aromatic rings. The second-order valence-corrected chi connectivity index (χ2v) is 10.8. The van der Waals surface area contributed by atoms with Gasteiger partial charge in [-0.3, -0.25) is 9.52 Å². The minimum Gasteiger partial charge on any atom is -0.508 e. The van der Waals surface area contributed by atoms with Crippen molar-refractivity contribution in [1.82, 2.24) is 9.29 Å². The largest absolute Gasteiger partial charge is 0.508 e. The van der Waals surface area contributed by atoms with E-state index in [0.29, 0.717) is 18.4 Å². The molecule has 2 aromatic carbocycles. The first-order chi connectivity index (χ1) is 15.0. The monoisotopic (exact) mass is 458 g/mol. The van der Waals surface area contributed by atoms with Gasteiger partial charge in [-0.05, 0) is 79.1 Å². The normalized spacial score (nSPS) is 18.7. The number of hydrogen-bond donors (Lipinski definition) is 2. The fraction of sp³-hybridized carbons (Fsp3) is 0.375. The summed E-state index contributed by atoms with van der Waals surface area (Å²) in [6, 6.07) is 10.2. The van der Waals surface area contributed by atoms with Crippen LogP contribution in [0.5, 0.6) is 5.75 Å². The molecule has 32 heavy (non-hydrogen) atoms. The number of aromatic nitrogens is 1. The molecule has 1 amide bonds. The van der Waals surface area contributed by atoms with Crippen molar-refractivity contribution in [3.05, 3.63) is 59.0 Å². The van der Waals surface area contributed by atoms with Crippen LogP contribution in [0.25, 0.3) is 16.6 Å². The van der Waals surface area contributed by atoms with Gasteiger partial charge < -0.3 is 9.67 Å². The zero-order valence-electron chi connectivity index (χ0n) is 18.5. The van der Waals surface area contributed by atoms with Crippen molar-refractivity contribution < 1.29 is 22.7 Å². The molecule has 1 fully saturated rings. The molecule has 4 rings (SSSR count). The number of nitrogens with zero attached hydrogens (tertiary/aromatic N) is 1. The van der Waals surface area contributed by atoms with E-state index in [2.05, 4.69) is 23.1 Å². The van der Waals surface area contributed by atoms with E-state index in [9.17, 15) is 22.7 Å². The number of amides is 1. The molecule has 0 aliphatic heterocycles. The van der Waals surface area contributed by atoms with E-state index < -0.39 is 15.9 Å². The zero-order valence-corrected chi connectivity index (χ0v) is 19.3. The summed E-state index contributed by atoms with van der Waals surface area (Å²) >= 11 is 0. The summed E-state index contributed by atoms with van der Waals surface area (Å²) in [5, 5.41) is 11.1. The van der Waals surface area contributed by atoms with Gasteiger partial charge in [0, 0.05) is 22.7 Å². The number of nitrogens with one attached hydrogen (secondary N) is 1. The molecule has 6 nitrogen and oxygen atoms in total. The number of benzene rings is 2. The molecule has 2 N–H and O–H groups in total. The van der Waals surface area contributed by atoms with Crippen LogP contribution < -0.4 is 4.72 Å². The van der Waals surface area contributed by atoms with Crippen molar-refractivity contribution in [1.29, 1.82) is 0 Å². The van der Waals surface area contributed by atoms with Gasteiger partial charge in [-0.2, -0.15) is 0 Å². The van der Waals surface area contributed by atoms with Gasteiger partial charge in [0.15, 0.2) is 0 Å². The predicted molar refractivity (Wildman–Crippen MR) is 122 cm³/mol. The molecule has 1 aromatic heterocycles. The third-order valence-corrected chi connectivity index (χ3v) is 6.75. The molecule has 8 heteroatoms. The molecule has 0 radical (unpaired) electrons. The molecule has 1 heterocycles. The highest BCUT2D eigenvalue weighted by Gasteiger charge is 2.39. The zero-order chi connectivity index (χ0) is 23.4. The number of carbonyl (C=O) groups is 1. The number of carbonyl (C=O) groups excluding carboxylic acids is 1. The molecule has 0 unspecified atom stereocenters. The fourth-order valence-corrected chi connectivity index (χ4v) is 5.23. The van der Waals surface area contributed by atoms with E-state index in [4.69, 9.17) is 0 Å². The van der Waals surface area contributed by atoms with Gasteiger partial charge in [0.1, 0.15) is 11.6 Å². The van der Waals surface area contributed by atoms with Gasteiger partial charge in [-0.25, -0.2) is 12.8 Å². The average molecular weight is 459 g/mol. The summed E-state index contributed by atoms with van der Waals surface area (Å²) in [5.74, 6) is -0.808. The topological polar surface area (TPSA) is 88.4 Å². The Labute approximate surface area is 187 Å². The van der Waals surface area contributed by atoms with Gasteiger partial charge in [-0.15, -0.1) is 0 Å². The first kappa shape index (κ1) is 22.3. The molecule has 0 bridgehead atoms. The minimum atomic E-state index is -3.60. The minimum absolute atomic E-state index is 0.0507. The lowest BCUT2D eigenvalue weighted by Crippen LogP contribution is -2.40. The second-order valence-electron chi connectivity index (χ2n) is 9.03. The van der Waals surface area contributed by atoms with Crippen LogP contribution >= 0.6 is 0 Å². The van der Waals surface area contributed by atoms with Crippen molar-refractivity contribution >= 4 is 26.8 Å². The van der Waals surface area contributed by atoms with Crippen LogP contribution in [0.15, 0.2) is 36.4 Å². The highest BCUT2D eigenvalue weighted by atomic mass is 32.2. The van der Waals surface area contributed by atoms with E-state index in [-0.39, 0.29) is 29.3 Å². The molecular weight excluding hydrogens is 431 g/mol. The second kappa shape index (κ2) is 7.92. The Bertz CT molecular complexity index is 1320. The van der Waals surface area contributed by atoms with Gasteiger partial charge in [-0.1, -0.05) is 13.8 Å². The number of fused-ring (bicyclic) bond motifs is 1. The lowest BCUT2D eigenvalue weighted by Gasteiger charge is -2.35. The molecule has 170 valence electrons. The molecule has 1 aliphatic rings. The van der Waals surface area contributed by atoms with E-state index in [1.54, 1.807) is 31.2 Å². The number of phenols is 1. The highest BCUT2D eigenvalue weighted by Crippen LogP contribution is 2.49. The third kappa shape index (κ3) is 3.99. The number of aromatic hydroxyl groups is 1. The van der Waals surface area contributed by atoms with Crippen LogP contribution in [0.3, 0.4) is 0 Å².